The van der Waals surface area contributed by atoms with Gasteiger partial charge in [-0.15, -0.1) is 0 Å². The van der Waals surface area contributed by atoms with Crippen LogP contribution in [-0.4, -0.2) is 25.5 Å². The van der Waals surface area contributed by atoms with Gasteiger partial charge in [-0.1, -0.05) is 0 Å². The number of ether oxygens (including phenoxy) is 2. The van der Waals surface area contributed by atoms with Crippen molar-refractivity contribution in [3.05, 3.63) is 29.3 Å². The molecule has 0 spiro atoms. The Kier molecular flexibility index (Phi) is 5.36. The second-order valence-corrected chi connectivity index (χ2v) is 4.03. The Morgan fingerprint density at radius 3 is 2.50 bits per heavy atom. The third-order valence-electron chi connectivity index (χ3n) is 2.58. The number of esters is 1. The van der Waals surface area contributed by atoms with E-state index in [1.807, 2.05) is 6.07 Å². The summed E-state index contributed by atoms with van der Waals surface area (Å²) in [5, 5.41) is 0. The van der Waals surface area contributed by atoms with Crippen molar-refractivity contribution in [2.75, 3.05) is 13.7 Å². The zero-order chi connectivity index (χ0) is 13.5. The number of hydrogen-bond donors (Lipinski definition) is 0. The zero-order valence-corrected chi connectivity index (χ0v) is 11.0. The molecule has 18 heavy (non-hydrogen) atoms. The van der Waals surface area contributed by atoms with E-state index in [1.165, 1.54) is 13.8 Å². The fourth-order valence-electron chi connectivity index (χ4n) is 1.67. The lowest BCUT2D eigenvalue weighted by Gasteiger charge is -2.09. The van der Waals surface area contributed by atoms with Crippen LogP contribution < -0.4 is 4.74 Å². The maximum atomic E-state index is 11.3. The Labute approximate surface area is 107 Å². The molecule has 1 aromatic rings. The molecule has 0 bridgehead atoms. The van der Waals surface area contributed by atoms with E-state index in [9.17, 15) is 9.59 Å². The first kappa shape index (κ1) is 14.2. The van der Waals surface area contributed by atoms with E-state index in [0.29, 0.717) is 25.0 Å². The van der Waals surface area contributed by atoms with E-state index < -0.39 is 0 Å². The molecular formula is C14H18O4. The predicted octanol–water partition coefficient (Wildman–Crippen LogP) is 2.39. The molecule has 0 fully saturated rings. The summed E-state index contributed by atoms with van der Waals surface area (Å²) in [4.78, 5) is 21.9. The third-order valence-corrected chi connectivity index (χ3v) is 2.58. The van der Waals surface area contributed by atoms with Gasteiger partial charge >= 0.3 is 5.97 Å². The van der Waals surface area contributed by atoms with Crippen molar-refractivity contribution in [3.8, 4) is 5.75 Å². The highest BCUT2D eigenvalue weighted by Gasteiger charge is 2.07. The number of methoxy groups -OCH3 is 1. The SMILES string of the molecule is COc1ccc(C(C)=O)cc1CCCOC(C)=O. The molecule has 1 aromatic carbocycles. The molecule has 0 amide bonds. The number of Topliss-reactive ketones (excluding diaryl/α,β-unsaturated/α-hetero) is 1. The van der Waals surface area contributed by atoms with Gasteiger partial charge in [0.15, 0.2) is 5.78 Å². The molecule has 0 unspecified atom stereocenters. The van der Waals surface area contributed by atoms with Crippen molar-refractivity contribution < 1.29 is 19.1 Å². The molecule has 0 aliphatic carbocycles. The van der Waals surface area contributed by atoms with Crippen LogP contribution in [0.25, 0.3) is 0 Å². The van der Waals surface area contributed by atoms with Crippen LogP contribution in [0.15, 0.2) is 18.2 Å². The zero-order valence-electron chi connectivity index (χ0n) is 11.0. The number of rotatable bonds is 6. The first-order chi connectivity index (χ1) is 8.54. The average molecular weight is 250 g/mol. The topological polar surface area (TPSA) is 52.6 Å². The van der Waals surface area contributed by atoms with Gasteiger partial charge in [-0.3, -0.25) is 9.59 Å². The quantitative estimate of drug-likeness (QED) is 0.442. The molecule has 0 heterocycles. The Morgan fingerprint density at radius 2 is 1.94 bits per heavy atom. The summed E-state index contributed by atoms with van der Waals surface area (Å²) in [6, 6.07) is 5.36. The van der Waals surface area contributed by atoms with Crippen molar-refractivity contribution in [1.29, 1.82) is 0 Å². The summed E-state index contributed by atoms with van der Waals surface area (Å²) in [5.41, 5.74) is 1.62. The Balaban J connectivity index is 2.69. The summed E-state index contributed by atoms with van der Waals surface area (Å²) in [5.74, 6) is 0.501. The molecule has 4 nitrogen and oxygen atoms in total. The minimum Gasteiger partial charge on any atom is -0.496 e. The Morgan fingerprint density at radius 1 is 1.22 bits per heavy atom. The smallest absolute Gasteiger partial charge is 0.302 e. The van der Waals surface area contributed by atoms with E-state index in [0.717, 1.165) is 11.3 Å². The summed E-state index contributed by atoms with van der Waals surface area (Å²) in [6.45, 7) is 3.30. The summed E-state index contributed by atoms with van der Waals surface area (Å²) in [7, 11) is 1.60. The van der Waals surface area contributed by atoms with Crippen LogP contribution in [0.5, 0.6) is 5.75 Å². The predicted molar refractivity (Wildman–Crippen MR) is 68.0 cm³/mol. The molecule has 0 aliphatic heterocycles. The number of ketones is 1. The maximum absolute atomic E-state index is 11.3. The fourth-order valence-corrected chi connectivity index (χ4v) is 1.67. The highest BCUT2D eigenvalue weighted by atomic mass is 16.5. The lowest BCUT2D eigenvalue weighted by atomic mass is 10.0. The number of aryl methyl sites for hydroxylation is 1. The van der Waals surface area contributed by atoms with Crippen LogP contribution in [0, 0.1) is 0 Å². The minimum absolute atomic E-state index is 0.0267. The highest BCUT2D eigenvalue weighted by Crippen LogP contribution is 2.21. The molecular weight excluding hydrogens is 232 g/mol. The molecule has 98 valence electrons. The first-order valence-corrected chi connectivity index (χ1v) is 5.86. The summed E-state index contributed by atoms with van der Waals surface area (Å²) < 4.78 is 10.1. The minimum atomic E-state index is -0.278. The second-order valence-electron chi connectivity index (χ2n) is 4.03. The number of hydrogen-bond acceptors (Lipinski definition) is 4. The maximum Gasteiger partial charge on any atom is 0.302 e. The average Bonchev–Trinajstić information content (AvgIpc) is 2.34. The Hall–Kier alpha value is -1.84. The van der Waals surface area contributed by atoms with Gasteiger partial charge in [-0.25, -0.2) is 0 Å². The summed E-state index contributed by atoms with van der Waals surface area (Å²) in [6.07, 6.45) is 1.41. The van der Waals surface area contributed by atoms with E-state index >= 15 is 0 Å². The van der Waals surface area contributed by atoms with Crippen LogP contribution in [0.4, 0.5) is 0 Å². The summed E-state index contributed by atoms with van der Waals surface area (Å²) >= 11 is 0. The standard InChI is InChI=1S/C14H18O4/c1-10(15)12-6-7-14(17-3)13(9-12)5-4-8-18-11(2)16/h6-7,9H,4-5,8H2,1-3H3. The van der Waals surface area contributed by atoms with E-state index in [4.69, 9.17) is 9.47 Å². The van der Waals surface area contributed by atoms with Crippen molar-refractivity contribution in [3.63, 3.8) is 0 Å². The van der Waals surface area contributed by atoms with Gasteiger partial charge in [-0.05, 0) is 43.5 Å². The van der Waals surface area contributed by atoms with Gasteiger partial charge in [0.2, 0.25) is 0 Å². The van der Waals surface area contributed by atoms with Gasteiger partial charge in [0.25, 0.3) is 0 Å². The van der Waals surface area contributed by atoms with Gasteiger partial charge in [-0.2, -0.15) is 0 Å². The van der Waals surface area contributed by atoms with Gasteiger partial charge in [0.05, 0.1) is 13.7 Å². The van der Waals surface area contributed by atoms with Crippen molar-refractivity contribution in [2.45, 2.75) is 26.7 Å². The monoisotopic (exact) mass is 250 g/mol. The van der Waals surface area contributed by atoms with Crippen molar-refractivity contribution >= 4 is 11.8 Å². The van der Waals surface area contributed by atoms with E-state index in [-0.39, 0.29) is 11.8 Å². The number of carbonyl (C=O) groups is 2. The molecule has 1 rings (SSSR count). The van der Waals surface area contributed by atoms with Crippen LogP contribution >= 0.6 is 0 Å². The number of benzene rings is 1. The lowest BCUT2D eigenvalue weighted by Crippen LogP contribution is -2.03. The molecule has 0 aliphatic rings. The highest BCUT2D eigenvalue weighted by molar-refractivity contribution is 5.94. The molecule has 4 heteroatoms. The van der Waals surface area contributed by atoms with E-state index in [1.54, 1.807) is 19.2 Å². The molecule has 0 atom stereocenters. The molecule has 0 aromatic heterocycles. The number of carbonyl (C=O) groups excluding carboxylic acids is 2. The van der Waals surface area contributed by atoms with Crippen LogP contribution in [0.1, 0.15) is 36.2 Å². The van der Waals surface area contributed by atoms with Crippen LogP contribution in [-0.2, 0) is 16.0 Å². The molecule has 0 radical (unpaired) electrons. The van der Waals surface area contributed by atoms with Crippen LogP contribution in [0.2, 0.25) is 0 Å². The largest absolute Gasteiger partial charge is 0.496 e. The fraction of sp³-hybridized carbons (Fsp3) is 0.429. The normalized spacial score (nSPS) is 9.94. The van der Waals surface area contributed by atoms with E-state index in [2.05, 4.69) is 0 Å². The first-order valence-electron chi connectivity index (χ1n) is 5.86. The van der Waals surface area contributed by atoms with Gasteiger partial charge in [0.1, 0.15) is 5.75 Å². The molecule has 0 saturated heterocycles. The van der Waals surface area contributed by atoms with Crippen molar-refractivity contribution in [1.82, 2.24) is 0 Å². The molecule has 0 N–H and O–H groups in total. The lowest BCUT2D eigenvalue weighted by molar-refractivity contribution is -0.141. The van der Waals surface area contributed by atoms with Gasteiger partial charge in [0, 0.05) is 12.5 Å². The van der Waals surface area contributed by atoms with Crippen LogP contribution in [0.3, 0.4) is 0 Å². The third kappa shape index (κ3) is 4.20. The van der Waals surface area contributed by atoms with Crippen molar-refractivity contribution in [2.24, 2.45) is 0 Å². The Bertz CT molecular complexity index is 437. The molecule has 0 saturated carbocycles. The second kappa shape index (κ2) is 6.79. The van der Waals surface area contributed by atoms with Gasteiger partial charge < -0.3 is 9.47 Å².